The number of aromatic nitrogens is 1. The lowest BCUT2D eigenvalue weighted by Crippen LogP contribution is -2.56. The Morgan fingerprint density at radius 1 is 1.22 bits per heavy atom. The fraction of sp³-hybridized carbons (Fsp3) is 0.333. The minimum atomic E-state index is -1.45. The standard InChI is InChI=1S/C27H27F3N2O4/c1-35-20-7-9-25-22(15-20)21(24(30)16-31-25)5-2-10-27(26(33)34)17-32(12-13-36-27)11-3-4-18-14-19(28)6-8-23(18)29/h3-4,6-9,14-16H,2,5,10-13,17H2,1H3,(H,33,34). The predicted octanol–water partition coefficient (Wildman–Crippen LogP) is 4.85. The van der Waals surface area contributed by atoms with Crippen molar-refractivity contribution in [2.45, 2.75) is 24.9 Å². The lowest BCUT2D eigenvalue weighted by Gasteiger charge is -2.39. The number of carbonyl (C=O) groups is 1. The quantitative estimate of drug-likeness (QED) is 0.453. The van der Waals surface area contributed by atoms with Crippen molar-refractivity contribution in [3.8, 4) is 5.75 Å². The van der Waals surface area contributed by atoms with E-state index in [0.29, 0.717) is 48.1 Å². The maximum Gasteiger partial charge on any atom is 0.337 e. The van der Waals surface area contributed by atoms with Crippen molar-refractivity contribution in [3.05, 3.63) is 77.2 Å². The van der Waals surface area contributed by atoms with Crippen LogP contribution in [0.5, 0.6) is 5.75 Å². The van der Waals surface area contributed by atoms with E-state index in [2.05, 4.69) is 4.98 Å². The molecule has 0 radical (unpaired) electrons. The molecule has 36 heavy (non-hydrogen) atoms. The van der Waals surface area contributed by atoms with E-state index >= 15 is 0 Å². The number of hydrogen-bond donors (Lipinski definition) is 1. The second kappa shape index (κ2) is 11.1. The molecule has 1 aliphatic heterocycles. The van der Waals surface area contributed by atoms with Crippen LogP contribution < -0.4 is 4.74 Å². The molecule has 190 valence electrons. The SMILES string of the molecule is COc1ccc2ncc(F)c(CCCC3(C(=O)O)CN(CC=Cc4cc(F)ccc4F)CCO3)c2c1. The van der Waals surface area contributed by atoms with Gasteiger partial charge in [-0.2, -0.15) is 0 Å². The van der Waals surface area contributed by atoms with E-state index < -0.39 is 29.0 Å². The highest BCUT2D eigenvalue weighted by molar-refractivity contribution is 5.83. The minimum absolute atomic E-state index is 0.117. The molecule has 4 rings (SSSR count). The normalized spacial score (nSPS) is 18.7. The number of carboxylic acids is 1. The van der Waals surface area contributed by atoms with Crippen LogP contribution in [0.25, 0.3) is 17.0 Å². The molecule has 1 atom stereocenters. The van der Waals surface area contributed by atoms with Crippen molar-refractivity contribution in [2.24, 2.45) is 0 Å². The summed E-state index contributed by atoms with van der Waals surface area (Å²) in [5, 5.41) is 10.6. The number of morpholine rings is 1. The van der Waals surface area contributed by atoms with Gasteiger partial charge in [-0.3, -0.25) is 9.88 Å². The van der Waals surface area contributed by atoms with Crippen LogP contribution in [-0.2, 0) is 16.0 Å². The number of carboxylic acid groups (broad SMARTS) is 1. The molecule has 0 saturated carbocycles. The highest BCUT2D eigenvalue weighted by Gasteiger charge is 2.43. The monoisotopic (exact) mass is 500 g/mol. The molecule has 6 nitrogen and oxygen atoms in total. The zero-order valence-electron chi connectivity index (χ0n) is 19.8. The van der Waals surface area contributed by atoms with Crippen LogP contribution in [0, 0.1) is 17.5 Å². The third-order valence-electron chi connectivity index (χ3n) is 6.42. The van der Waals surface area contributed by atoms with Crippen LogP contribution in [0.15, 0.2) is 48.7 Å². The molecule has 2 heterocycles. The van der Waals surface area contributed by atoms with E-state index in [1.807, 2.05) is 4.90 Å². The summed E-state index contributed by atoms with van der Waals surface area (Å²) in [4.78, 5) is 18.3. The second-order valence-corrected chi connectivity index (χ2v) is 8.77. The molecule has 1 N–H and O–H groups in total. The number of halogens is 3. The molecule has 3 aromatic rings. The molecule has 0 amide bonds. The highest BCUT2D eigenvalue weighted by atomic mass is 19.1. The number of pyridine rings is 1. The molecule has 9 heteroatoms. The Morgan fingerprint density at radius 3 is 2.83 bits per heavy atom. The minimum Gasteiger partial charge on any atom is -0.497 e. The summed E-state index contributed by atoms with van der Waals surface area (Å²) in [6.45, 7) is 1.16. The van der Waals surface area contributed by atoms with Crippen LogP contribution in [0.1, 0.15) is 24.0 Å². The van der Waals surface area contributed by atoms with E-state index in [1.165, 1.54) is 19.4 Å². The van der Waals surface area contributed by atoms with Crippen molar-refractivity contribution in [2.75, 3.05) is 33.4 Å². The Hall–Kier alpha value is -3.43. The van der Waals surface area contributed by atoms with Gasteiger partial charge in [-0.1, -0.05) is 12.2 Å². The van der Waals surface area contributed by atoms with Gasteiger partial charge in [0.25, 0.3) is 0 Å². The smallest absolute Gasteiger partial charge is 0.337 e. The Balaban J connectivity index is 1.44. The van der Waals surface area contributed by atoms with Crippen molar-refractivity contribution >= 4 is 22.9 Å². The maximum atomic E-state index is 14.7. The number of aryl methyl sites for hydroxylation is 1. The van der Waals surface area contributed by atoms with Crippen molar-refractivity contribution in [3.63, 3.8) is 0 Å². The van der Waals surface area contributed by atoms with Crippen LogP contribution in [0.2, 0.25) is 0 Å². The third kappa shape index (κ3) is 5.68. The average Bonchev–Trinajstić information content (AvgIpc) is 2.87. The molecule has 2 aromatic carbocycles. The molecule has 1 fully saturated rings. The van der Waals surface area contributed by atoms with Gasteiger partial charge >= 0.3 is 5.97 Å². The highest BCUT2D eigenvalue weighted by Crippen LogP contribution is 2.29. The van der Waals surface area contributed by atoms with Gasteiger partial charge in [0.2, 0.25) is 0 Å². The van der Waals surface area contributed by atoms with Crippen molar-refractivity contribution < 1.29 is 32.5 Å². The molecule has 1 aliphatic rings. The second-order valence-electron chi connectivity index (χ2n) is 8.77. The number of aliphatic carboxylic acids is 1. The van der Waals surface area contributed by atoms with Gasteiger partial charge in [0, 0.05) is 30.6 Å². The van der Waals surface area contributed by atoms with E-state index in [1.54, 1.807) is 24.3 Å². The number of benzene rings is 2. The maximum absolute atomic E-state index is 14.7. The number of ether oxygens (including phenoxy) is 2. The van der Waals surface area contributed by atoms with Gasteiger partial charge in [-0.15, -0.1) is 0 Å². The fourth-order valence-corrected chi connectivity index (χ4v) is 4.50. The van der Waals surface area contributed by atoms with Gasteiger partial charge in [-0.05, 0) is 61.2 Å². The zero-order chi connectivity index (χ0) is 25.7. The summed E-state index contributed by atoms with van der Waals surface area (Å²) < 4.78 is 52.9. The first-order valence-electron chi connectivity index (χ1n) is 11.6. The number of rotatable bonds is 9. The first-order chi connectivity index (χ1) is 17.3. The predicted molar refractivity (Wildman–Crippen MR) is 129 cm³/mol. The number of hydrogen-bond acceptors (Lipinski definition) is 5. The molecule has 0 aliphatic carbocycles. The summed E-state index contributed by atoms with van der Waals surface area (Å²) >= 11 is 0. The fourth-order valence-electron chi connectivity index (χ4n) is 4.50. The summed E-state index contributed by atoms with van der Waals surface area (Å²) in [5.74, 6) is -2.04. The van der Waals surface area contributed by atoms with Crippen LogP contribution in [-0.4, -0.2) is 59.9 Å². The molecule has 1 unspecified atom stereocenters. The van der Waals surface area contributed by atoms with Gasteiger partial charge in [-0.25, -0.2) is 18.0 Å². The van der Waals surface area contributed by atoms with Crippen LogP contribution in [0.3, 0.4) is 0 Å². The number of methoxy groups -OCH3 is 1. The van der Waals surface area contributed by atoms with E-state index in [4.69, 9.17) is 9.47 Å². The van der Waals surface area contributed by atoms with E-state index in [-0.39, 0.29) is 25.1 Å². The van der Waals surface area contributed by atoms with Gasteiger partial charge in [0.05, 0.1) is 25.4 Å². The Bertz CT molecular complexity index is 1280. The number of fused-ring (bicyclic) bond motifs is 1. The third-order valence-corrected chi connectivity index (χ3v) is 6.42. The van der Waals surface area contributed by atoms with Crippen molar-refractivity contribution in [1.29, 1.82) is 0 Å². The van der Waals surface area contributed by atoms with Gasteiger partial charge in [0.15, 0.2) is 5.60 Å². The molecule has 1 aromatic heterocycles. The first kappa shape index (κ1) is 25.7. The largest absolute Gasteiger partial charge is 0.497 e. The number of nitrogens with zero attached hydrogens (tertiary/aromatic N) is 2. The molecular formula is C27H27F3N2O4. The summed E-state index contributed by atoms with van der Waals surface area (Å²) in [7, 11) is 1.53. The summed E-state index contributed by atoms with van der Waals surface area (Å²) in [6.07, 6.45) is 5.16. The van der Waals surface area contributed by atoms with Gasteiger partial charge < -0.3 is 14.6 Å². The lowest BCUT2D eigenvalue weighted by atomic mass is 9.92. The Kier molecular flexibility index (Phi) is 7.91. The lowest BCUT2D eigenvalue weighted by molar-refractivity contribution is -0.179. The molecular weight excluding hydrogens is 473 g/mol. The summed E-state index contributed by atoms with van der Waals surface area (Å²) in [5.41, 5.74) is -0.252. The molecule has 0 spiro atoms. The Labute approximate surface area is 207 Å². The molecule has 0 bridgehead atoms. The van der Waals surface area contributed by atoms with E-state index in [0.717, 1.165) is 18.2 Å². The first-order valence-corrected chi connectivity index (χ1v) is 11.6. The van der Waals surface area contributed by atoms with Crippen molar-refractivity contribution in [1.82, 2.24) is 9.88 Å². The topological polar surface area (TPSA) is 71.9 Å². The summed E-state index contributed by atoms with van der Waals surface area (Å²) in [6, 6.07) is 8.43. The zero-order valence-corrected chi connectivity index (χ0v) is 19.8. The average molecular weight is 501 g/mol. The van der Waals surface area contributed by atoms with Crippen LogP contribution >= 0.6 is 0 Å². The Morgan fingerprint density at radius 2 is 2.06 bits per heavy atom. The van der Waals surface area contributed by atoms with Gasteiger partial charge in [0.1, 0.15) is 23.2 Å². The van der Waals surface area contributed by atoms with Crippen LogP contribution in [0.4, 0.5) is 13.2 Å². The molecule has 1 saturated heterocycles. The van der Waals surface area contributed by atoms with E-state index in [9.17, 15) is 23.1 Å².